The first-order chi connectivity index (χ1) is 14.6. The van der Waals surface area contributed by atoms with Gasteiger partial charge in [0.25, 0.3) is 11.5 Å². The normalized spacial score (nSPS) is 18.3. The second kappa shape index (κ2) is 7.59. The number of aromatic amines is 1. The zero-order valence-corrected chi connectivity index (χ0v) is 17.2. The van der Waals surface area contributed by atoms with E-state index in [0.29, 0.717) is 18.7 Å². The number of amides is 1. The van der Waals surface area contributed by atoms with E-state index >= 15 is 0 Å². The van der Waals surface area contributed by atoms with E-state index in [9.17, 15) is 9.59 Å². The molecule has 6 nitrogen and oxygen atoms in total. The highest BCUT2D eigenvalue weighted by Gasteiger charge is 2.33. The lowest BCUT2D eigenvalue weighted by atomic mass is 9.91. The summed E-state index contributed by atoms with van der Waals surface area (Å²) in [5.74, 6) is -0.0173. The monoisotopic (exact) mass is 402 g/mol. The van der Waals surface area contributed by atoms with Crippen LogP contribution in [0.4, 0.5) is 0 Å². The van der Waals surface area contributed by atoms with Crippen LogP contribution in [0.15, 0.2) is 53.7 Å². The number of rotatable bonds is 5. The molecule has 1 atom stereocenters. The van der Waals surface area contributed by atoms with Gasteiger partial charge in [0.1, 0.15) is 5.56 Å². The van der Waals surface area contributed by atoms with E-state index in [1.165, 1.54) is 5.56 Å². The van der Waals surface area contributed by atoms with Crippen LogP contribution in [0.1, 0.15) is 64.1 Å². The Kier molecular flexibility index (Phi) is 4.77. The summed E-state index contributed by atoms with van der Waals surface area (Å²) in [6.07, 6.45) is 7.41. The third kappa shape index (κ3) is 3.47. The molecule has 2 aromatic heterocycles. The Morgan fingerprint density at radius 2 is 2.00 bits per heavy atom. The molecule has 3 aromatic rings. The van der Waals surface area contributed by atoms with Crippen molar-refractivity contribution in [2.75, 3.05) is 6.54 Å². The van der Waals surface area contributed by atoms with E-state index in [0.717, 1.165) is 42.6 Å². The SMILES string of the molecule is Cc1ccn(C2CC2)c(=O)c1C(=O)N1Cc2[nH]cnc2C(CCc2ccccc2)C1. The highest BCUT2D eigenvalue weighted by Crippen LogP contribution is 2.34. The average molecular weight is 402 g/mol. The van der Waals surface area contributed by atoms with Gasteiger partial charge in [0.05, 0.1) is 24.3 Å². The number of nitrogens with one attached hydrogen (secondary N) is 1. The Hall–Kier alpha value is -3.15. The fraction of sp³-hybridized carbons (Fsp3) is 0.375. The number of fused-ring (bicyclic) bond motifs is 1. The lowest BCUT2D eigenvalue weighted by Crippen LogP contribution is -2.42. The average Bonchev–Trinajstić information content (AvgIpc) is 3.48. The van der Waals surface area contributed by atoms with Crippen LogP contribution in [0.25, 0.3) is 0 Å². The molecule has 0 radical (unpaired) electrons. The number of H-pyrrole nitrogens is 1. The number of imidazole rings is 1. The highest BCUT2D eigenvalue weighted by molar-refractivity contribution is 5.95. The molecule has 30 heavy (non-hydrogen) atoms. The van der Waals surface area contributed by atoms with Crippen LogP contribution in [0.2, 0.25) is 0 Å². The van der Waals surface area contributed by atoms with E-state index in [1.807, 2.05) is 30.2 Å². The first-order valence-electron chi connectivity index (χ1n) is 10.7. The van der Waals surface area contributed by atoms with Gasteiger partial charge in [-0.25, -0.2) is 4.98 Å². The number of hydrogen-bond donors (Lipinski definition) is 1. The highest BCUT2D eigenvalue weighted by atomic mass is 16.2. The van der Waals surface area contributed by atoms with Gasteiger partial charge in [0.2, 0.25) is 0 Å². The lowest BCUT2D eigenvalue weighted by molar-refractivity contribution is 0.0708. The zero-order valence-electron chi connectivity index (χ0n) is 17.2. The smallest absolute Gasteiger partial charge is 0.263 e. The Morgan fingerprint density at radius 3 is 2.77 bits per heavy atom. The minimum Gasteiger partial charge on any atom is -0.347 e. The molecule has 1 N–H and O–H groups in total. The van der Waals surface area contributed by atoms with Crippen molar-refractivity contribution in [3.63, 3.8) is 0 Å². The van der Waals surface area contributed by atoms with Crippen LogP contribution >= 0.6 is 0 Å². The molecule has 0 bridgehead atoms. The summed E-state index contributed by atoms with van der Waals surface area (Å²) in [7, 11) is 0. The van der Waals surface area contributed by atoms with Crippen LogP contribution < -0.4 is 5.56 Å². The largest absolute Gasteiger partial charge is 0.347 e. The van der Waals surface area contributed by atoms with Crippen LogP contribution in [0.5, 0.6) is 0 Å². The van der Waals surface area contributed by atoms with Gasteiger partial charge >= 0.3 is 0 Å². The first-order valence-corrected chi connectivity index (χ1v) is 10.7. The number of carbonyl (C=O) groups excluding carboxylic acids is 1. The molecule has 1 aliphatic heterocycles. The summed E-state index contributed by atoms with van der Waals surface area (Å²) in [6.45, 7) is 2.90. The van der Waals surface area contributed by atoms with Crippen molar-refractivity contribution in [2.45, 2.75) is 51.1 Å². The molecule has 1 saturated carbocycles. The van der Waals surface area contributed by atoms with Crippen molar-refractivity contribution in [3.05, 3.63) is 87.4 Å². The third-order valence-corrected chi connectivity index (χ3v) is 6.32. The van der Waals surface area contributed by atoms with Crippen LogP contribution in [0.3, 0.4) is 0 Å². The van der Waals surface area contributed by atoms with E-state index in [2.05, 4.69) is 34.2 Å². The molecule has 0 spiro atoms. The van der Waals surface area contributed by atoms with Gasteiger partial charge in [0.15, 0.2) is 0 Å². The molecule has 6 heteroatoms. The number of aryl methyl sites for hydroxylation is 2. The van der Waals surface area contributed by atoms with Crippen molar-refractivity contribution < 1.29 is 4.79 Å². The van der Waals surface area contributed by atoms with E-state index < -0.39 is 0 Å². The quantitative estimate of drug-likeness (QED) is 0.709. The molecule has 2 aliphatic rings. The Morgan fingerprint density at radius 1 is 1.20 bits per heavy atom. The minimum atomic E-state index is -0.169. The number of nitrogens with zero attached hydrogens (tertiary/aromatic N) is 3. The molecule has 5 rings (SSSR count). The fourth-order valence-corrected chi connectivity index (χ4v) is 4.49. The van der Waals surface area contributed by atoms with Gasteiger partial charge < -0.3 is 14.5 Å². The summed E-state index contributed by atoms with van der Waals surface area (Å²) in [5, 5.41) is 0. The molecule has 154 valence electrons. The standard InChI is InChI=1S/C24H26N4O2/c1-16-11-12-28(19-9-10-19)24(30)21(16)23(29)27-13-18(22-20(14-27)25-15-26-22)8-7-17-5-3-2-4-6-17/h2-6,11-12,15,18-19H,7-10,13-14H2,1H3,(H,25,26). The predicted octanol–water partition coefficient (Wildman–Crippen LogP) is 3.59. The maximum absolute atomic E-state index is 13.5. The fourth-order valence-electron chi connectivity index (χ4n) is 4.49. The van der Waals surface area contributed by atoms with Gasteiger partial charge in [-0.05, 0) is 49.8 Å². The maximum atomic E-state index is 13.5. The van der Waals surface area contributed by atoms with Crippen LogP contribution in [-0.2, 0) is 13.0 Å². The molecule has 3 heterocycles. The van der Waals surface area contributed by atoms with E-state index in [1.54, 1.807) is 10.9 Å². The molecule has 0 saturated heterocycles. The summed E-state index contributed by atoms with van der Waals surface area (Å²) >= 11 is 0. The first kappa shape index (κ1) is 18.9. The third-order valence-electron chi connectivity index (χ3n) is 6.32. The Labute approximate surface area is 175 Å². The van der Waals surface area contributed by atoms with Gasteiger partial charge in [0, 0.05) is 24.7 Å². The van der Waals surface area contributed by atoms with Crippen molar-refractivity contribution >= 4 is 5.91 Å². The lowest BCUT2D eigenvalue weighted by Gasteiger charge is -2.32. The van der Waals surface area contributed by atoms with Crippen molar-refractivity contribution in [1.29, 1.82) is 0 Å². The summed E-state index contributed by atoms with van der Waals surface area (Å²) < 4.78 is 1.73. The minimum absolute atomic E-state index is 0.152. The molecule has 1 aliphatic carbocycles. The molecular weight excluding hydrogens is 376 g/mol. The molecule has 1 aromatic carbocycles. The zero-order chi connectivity index (χ0) is 20.7. The second-order valence-corrected chi connectivity index (χ2v) is 8.49. The second-order valence-electron chi connectivity index (χ2n) is 8.49. The van der Waals surface area contributed by atoms with Crippen LogP contribution in [-0.4, -0.2) is 31.9 Å². The number of hydrogen-bond acceptors (Lipinski definition) is 3. The number of carbonyl (C=O) groups is 1. The molecule has 1 amide bonds. The van der Waals surface area contributed by atoms with E-state index in [-0.39, 0.29) is 23.4 Å². The predicted molar refractivity (Wildman–Crippen MR) is 115 cm³/mol. The molecule has 1 fully saturated rings. The van der Waals surface area contributed by atoms with Gasteiger partial charge in [-0.2, -0.15) is 0 Å². The van der Waals surface area contributed by atoms with Gasteiger partial charge in [-0.3, -0.25) is 9.59 Å². The van der Waals surface area contributed by atoms with E-state index in [4.69, 9.17) is 0 Å². The molecular formula is C24H26N4O2. The molecule has 1 unspecified atom stereocenters. The maximum Gasteiger partial charge on any atom is 0.263 e. The number of pyridine rings is 1. The van der Waals surface area contributed by atoms with Crippen molar-refractivity contribution in [1.82, 2.24) is 19.4 Å². The van der Waals surface area contributed by atoms with Gasteiger partial charge in [-0.1, -0.05) is 30.3 Å². The van der Waals surface area contributed by atoms with Crippen molar-refractivity contribution in [3.8, 4) is 0 Å². The summed E-state index contributed by atoms with van der Waals surface area (Å²) in [5.41, 5.74) is 4.22. The Bertz CT molecular complexity index is 1130. The number of aromatic nitrogens is 3. The van der Waals surface area contributed by atoms with Crippen LogP contribution in [0, 0.1) is 6.92 Å². The summed E-state index contributed by atoms with van der Waals surface area (Å²) in [4.78, 5) is 36.1. The number of benzene rings is 1. The Balaban J connectivity index is 1.41. The van der Waals surface area contributed by atoms with Crippen molar-refractivity contribution in [2.24, 2.45) is 0 Å². The van der Waals surface area contributed by atoms with Gasteiger partial charge in [-0.15, -0.1) is 0 Å². The summed E-state index contributed by atoms with van der Waals surface area (Å²) in [6, 6.07) is 12.5. The topological polar surface area (TPSA) is 71.0 Å².